The van der Waals surface area contributed by atoms with Gasteiger partial charge in [-0.3, -0.25) is 0 Å². The molecule has 0 aliphatic rings. The van der Waals surface area contributed by atoms with Gasteiger partial charge in [0.05, 0.1) is 41.3 Å². The third-order valence-electron chi connectivity index (χ3n) is 6.31. The van der Waals surface area contributed by atoms with Crippen molar-refractivity contribution in [3.63, 3.8) is 0 Å². The molecule has 0 amide bonds. The van der Waals surface area contributed by atoms with E-state index in [1.807, 2.05) is 0 Å². The van der Waals surface area contributed by atoms with Gasteiger partial charge < -0.3 is 8.97 Å². The van der Waals surface area contributed by atoms with Gasteiger partial charge in [-0.1, -0.05) is 90.9 Å². The zero-order chi connectivity index (χ0) is 21.8. The van der Waals surface area contributed by atoms with Gasteiger partial charge in [-0.15, -0.1) is 0 Å². The summed E-state index contributed by atoms with van der Waals surface area (Å²) in [4.78, 5) is 0. The Morgan fingerprint density at radius 3 is 1.00 bits per heavy atom. The molecule has 0 heterocycles. The second-order valence-electron chi connectivity index (χ2n) is 10.8. The average Bonchev–Trinajstić information content (AvgIpc) is 2.65. The van der Waals surface area contributed by atoms with Crippen molar-refractivity contribution >= 4 is 0 Å². The minimum absolute atomic E-state index is 1.09. The van der Waals surface area contributed by atoms with E-state index in [1.165, 1.54) is 116 Å². The Labute approximate surface area is 185 Å². The minimum atomic E-state index is 1.09. The average molecular weight is 414 g/mol. The topological polar surface area (TPSA) is 12.0 Å². The first-order valence-electron chi connectivity index (χ1n) is 13.2. The van der Waals surface area contributed by atoms with E-state index in [0.29, 0.717) is 0 Å². The summed E-state index contributed by atoms with van der Waals surface area (Å²) in [5.41, 5.74) is 0. The summed E-state index contributed by atoms with van der Waals surface area (Å²) in [6.45, 7) is 9.38. The van der Waals surface area contributed by atoms with Crippen molar-refractivity contribution in [2.24, 2.45) is 0 Å². The quantitative estimate of drug-likeness (QED) is 0.115. The van der Waals surface area contributed by atoms with Crippen LogP contribution in [-0.4, -0.2) is 63.6 Å². The Hall–Kier alpha value is -0.120. The Morgan fingerprint density at radius 2 is 0.690 bits per heavy atom. The van der Waals surface area contributed by atoms with Gasteiger partial charge in [-0.2, -0.15) is 0 Å². The maximum absolute atomic E-state index is 3.76. The molecule has 3 nitrogen and oxygen atoms in total. The Bertz CT molecular complexity index is 307. The lowest BCUT2D eigenvalue weighted by atomic mass is 10.1. The van der Waals surface area contributed by atoms with Crippen molar-refractivity contribution in [3.8, 4) is 0 Å². The molecule has 0 radical (unpaired) electrons. The molecule has 0 spiro atoms. The summed E-state index contributed by atoms with van der Waals surface area (Å²) in [6.07, 6.45) is 22.6. The van der Waals surface area contributed by atoms with E-state index in [9.17, 15) is 0 Å². The fraction of sp³-hybridized carbons (Fsp3) is 1.00. The molecule has 0 rings (SSSR count). The van der Waals surface area contributed by atoms with Gasteiger partial charge in [0, 0.05) is 0 Å². The number of quaternary nitrogens is 2. The second-order valence-corrected chi connectivity index (χ2v) is 10.8. The zero-order valence-electron chi connectivity index (χ0n) is 21.5. The molecule has 0 aliphatic carbocycles. The van der Waals surface area contributed by atoms with E-state index in [4.69, 9.17) is 0 Å². The van der Waals surface area contributed by atoms with Crippen molar-refractivity contribution in [1.82, 2.24) is 5.32 Å². The Balaban J connectivity index is 3.65. The fourth-order valence-corrected chi connectivity index (χ4v) is 4.16. The summed E-state index contributed by atoms with van der Waals surface area (Å²) in [5, 5.41) is 3.76. The summed E-state index contributed by atoms with van der Waals surface area (Å²) >= 11 is 0. The predicted molar refractivity (Wildman–Crippen MR) is 132 cm³/mol. The van der Waals surface area contributed by atoms with Gasteiger partial charge in [0.2, 0.25) is 0 Å². The van der Waals surface area contributed by atoms with Gasteiger partial charge in [0.25, 0.3) is 0 Å². The van der Waals surface area contributed by atoms with E-state index in [0.717, 1.165) is 22.3 Å². The standard InChI is InChI=1S/C26H59N3/c1-7-9-11-13-15-17-19-21-23-28(3,4)25-27-26-29(5,6)24-22-20-18-16-14-12-10-8-2/h27H,7-26H2,1-6H3/q+2. The highest BCUT2D eigenvalue weighted by Gasteiger charge is 2.18. The Morgan fingerprint density at radius 1 is 0.414 bits per heavy atom. The van der Waals surface area contributed by atoms with E-state index >= 15 is 0 Å². The van der Waals surface area contributed by atoms with Crippen LogP contribution in [0.25, 0.3) is 0 Å². The molecular weight excluding hydrogens is 354 g/mol. The van der Waals surface area contributed by atoms with Gasteiger partial charge in [-0.05, 0) is 25.7 Å². The predicted octanol–water partition coefficient (Wildman–Crippen LogP) is 6.93. The van der Waals surface area contributed by atoms with E-state index in [-0.39, 0.29) is 0 Å². The van der Waals surface area contributed by atoms with Crippen molar-refractivity contribution in [2.75, 3.05) is 54.6 Å². The smallest absolute Gasteiger partial charge is 0.136 e. The number of unbranched alkanes of at least 4 members (excludes halogenated alkanes) is 14. The molecule has 0 unspecified atom stereocenters. The first-order chi connectivity index (χ1) is 13.8. The van der Waals surface area contributed by atoms with Gasteiger partial charge in [0.1, 0.15) is 13.3 Å². The summed E-state index contributed by atoms with van der Waals surface area (Å²) in [6, 6.07) is 0. The van der Waals surface area contributed by atoms with Crippen LogP contribution in [0.5, 0.6) is 0 Å². The van der Waals surface area contributed by atoms with Crippen molar-refractivity contribution in [3.05, 3.63) is 0 Å². The molecule has 176 valence electrons. The van der Waals surface area contributed by atoms with Gasteiger partial charge in [0.15, 0.2) is 0 Å². The van der Waals surface area contributed by atoms with Crippen LogP contribution >= 0.6 is 0 Å². The molecule has 0 aromatic heterocycles. The minimum Gasteiger partial charge on any atom is -0.316 e. The highest BCUT2D eigenvalue weighted by molar-refractivity contribution is 4.48. The summed E-state index contributed by atoms with van der Waals surface area (Å²) in [7, 11) is 9.53. The lowest BCUT2D eigenvalue weighted by Gasteiger charge is -2.34. The SMILES string of the molecule is CCCCCCCCCC[N+](C)(C)CNC[N+](C)(C)CCCCCCCCCC. The number of hydrogen-bond acceptors (Lipinski definition) is 1. The molecule has 29 heavy (non-hydrogen) atoms. The molecule has 3 heteroatoms. The molecule has 0 bridgehead atoms. The largest absolute Gasteiger partial charge is 0.316 e. The number of nitrogens with zero attached hydrogens (tertiary/aromatic N) is 2. The highest BCUT2D eigenvalue weighted by atomic mass is 15.4. The molecular formula is C26H59N3+2. The van der Waals surface area contributed by atoms with Crippen molar-refractivity contribution in [1.29, 1.82) is 0 Å². The summed E-state index contributed by atoms with van der Waals surface area (Å²) < 4.78 is 2.21. The van der Waals surface area contributed by atoms with E-state index in [1.54, 1.807) is 0 Å². The van der Waals surface area contributed by atoms with E-state index in [2.05, 4.69) is 47.4 Å². The molecule has 0 saturated heterocycles. The molecule has 1 N–H and O–H groups in total. The van der Waals surface area contributed by atoms with Crippen LogP contribution < -0.4 is 5.32 Å². The lowest BCUT2D eigenvalue weighted by molar-refractivity contribution is -0.914. The molecule has 0 aromatic rings. The highest BCUT2D eigenvalue weighted by Crippen LogP contribution is 2.11. The second kappa shape index (κ2) is 18.6. The van der Waals surface area contributed by atoms with Crippen LogP contribution in [0.15, 0.2) is 0 Å². The molecule has 0 saturated carbocycles. The van der Waals surface area contributed by atoms with Crippen molar-refractivity contribution in [2.45, 2.75) is 117 Å². The van der Waals surface area contributed by atoms with E-state index < -0.39 is 0 Å². The molecule has 0 aliphatic heterocycles. The first-order valence-corrected chi connectivity index (χ1v) is 13.2. The number of nitrogens with one attached hydrogen (secondary N) is 1. The monoisotopic (exact) mass is 413 g/mol. The fourth-order valence-electron chi connectivity index (χ4n) is 4.16. The normalized spacial score (nSPS) is 12.6. The zero-order valence-corrected chi connectivity index (χ0v) is 21.5. The summed E-state index contributed by atoms with van der Waals surface area (Å²) in [5.74, 6) is 0. The van der Waals surface area contributed by atoms with Crippen LogP contribution in [0.3, 0.4) is 0 Å². The van der Waals surface area contributed by atoms with Gasteiger partial charge >= 0.3 is 0 Å². The van der Waals surface area contributed by atoms with Crippen LogP contribution in [0.2, 0.25) is 0 Å². The van der Waals surface area contributed by atoms with Crippen LogP contribution in [0.1, 0.15) is 117 Å². The number of rotatable bonds is 22. The molecule has 0 fully saturated rings. The van der Waals surface area contributed by atoms with Crippen molar-refractivity contribution < 1.29 is 8.97 Å². The lowest BCUT2D eigenvalue weighted by Crippen LogP contribution is -2.53. The van der Waals surface area contributed by atoms with Gasteiger partial charge in [-0.25, -0.2) is 5.32 Å². The maximum atomic E-state index is 3.76. The molecule has 0 aromatic carbocycles. The third kappa shape index (κ3) is 20.9. The first kappa shape index (κ1) is 28.9. The van der Waals surface area contributed by atoms with Crippen LogP contribution in [0, 0.1) is 0 Å². The Kier molecular flexibility index (Phi) is 18.6. The molecule has 0 atom stereocenters. The number of hydrogen-bond donors (Lipinski definition) is 1. The maximum Gasteiger partial charge on any atom is 0.136 e. The van der Waals surface area contributed by atoms with Crippen LogP contribution in [-0.2, 0) is 0 Å². The third-order valence-corrected chi connectivity index (χ3v) is 6.31. The van der Waals surface area contributed by atoms with Crippen LogP contribution in [0.4, 0.5) is 0 Å².